The summed E-state index contributed by atoms with van der Waals surface area (Å²) in [7, 11) is 0. The predicted octanol–water partition coefficient (Wildman–Crippen LogP) is 4.25. The van der Waals surface area contributed by atoms with E-state index in [2.05, 4.69) is 5.32 Å². The monoisotopic (exact) mass is 386 g/mol. The number of hydrogen-bond donors (Lipinski definition) is 1. The van der Waals surface area contributed by atoms with Gasteiger partial charge in [0.15, 0.2) is 6.61 Å². The first-order valence-corrected chi connectivity index (χ1v) is 10.00. The summed E-state index contributed by atoms with van der Waals surface area (Å²) in [6.45, 7) is 2.66. The average molecular weight is 386 g/mol. The summed E-state index contributed by atoms with van der Waals surface area (Å²) in [5.74, 6) is 0.448. The summed E-state index contributed by atoms with van der Waals surface area (Å²) in [5.41, 5.74) is 3.93. The summed E-state index contributed by atoms with van der Waals surface area (Å²) in [5, 5.41) is 5.14. The third-order valence-electron chi connectivity index (χ3n) is 5.79. The molecule has 0 aliphatic carbocycles. The molecule has 3 aromatic rings. The summed E-state index contributed by atoms with van der Waals surface area (Å²) >= 11 is 0. The van der Waals surface area contributed by atoms with Gasteiger partial charge < -0.3 is 15.0 Å². The largest absolute Gasteiger partial charge is 0.484 e. The van der Waals surface area contributed by atoms with Gasteiger partial charge in [-0.05, 0) is 65.9 Å². The van der Waals surface area contributed by atoms with Crippen LogP contribution in [0.1, 0.15) is 30.4 Å². The van der Waals surface area contributed by atoms with E-state index >= 15 is 0 Å². The molecule has 5 heteroatoms. The van der Waals surface area contributed by atoms with Crippen molar-refractivity contribution in [1.82, 2.24) is 0 Å². The zero-order valence-corrected chi connectivity index (χ0v) is 16.3. The van der Waals surface area contributed by atoms with Crippen molar-refractivity contribution in [3.8, 4) is 5.75 Å². The molecule has 146 valence electrons. The zero-order chi connectivity index (χ0) is 20.0. The van der Waals surface area contributed by atoms with Crippen LogP contribution in [0.3, 0.4) is 0 Å². The molecule has 0 saturated heterocycles. The minimum absolute atomic E-state index is 0.0641. The molecule has 0 unspecified atom stereocenters. The fraction of sp³-hybridized carbons (Fsp3) is 0.250. The summed E-state index contributed by atoms with van der Waals surface area (Å²) in [6, 6.07) is 17.7. The van der Waals surface area contributed by atoms with Gasteiger partial charge in [0.25, 0.3) is 5.91 Å². The molecule has 2 aliphatic heterocycles. The van der Waals surface area contributed by atoms with Crippen LogP contribution in [0.2, 0.25) is 0 Å². The average Bonchev–Trinajstić information content (AvgIpc) is 2.98. The Balaban J connectivity index is 1.30. The van der Waals surface area contributed by atoms with Crippen LogP contribution in [0.15, 0.2) is 54.6 Å². The predicted molar refractivity (Wildman–Crippen MR) is 114 cm³/mol. The first kappa shape index (κ1) is 17.7. The van der Waals surface area contributed by atoms with Crippen molar-refractivity contribution in [2.75, 3.05) is 23.4 Å². The second-order valence-corrected chi connectivity index (χ2v) is 7.73. The van der Waals surface area contributed by atoms with Gasteiger partial charge in [-0.3, -0.25) is 9.59 Å². The van der Waals surface area contributed by atoms with Crippen molar-refractivity contribution in [3.63, 3.8) is 0 Å². The first-order valence-electron chi connectivity index (χ1n) is 10.00. The Morgan fingerprint density at radius 3 is 2.83 bits per heavy atom. The molecular weight excluding hydrogens is 364 g/mol. The number of nitrogens with zero attached hydrogens (tertiary/aromatic N) is 1. The summed E-state index contributed by atoms with van der Waals surface area (Å²) in [6.07, 6.45) is 1.88. The molecule has 0 aromatic heterocycles. The van der Waals surface area contributed by atoms with Crippen molar-refractivity contribution in [3.05, 3.63) is 65.7 Å². The standard InChI is InChI=1S/C24H22N2O3/c1-15-21-13-19(11-18-7-4-10-26(23(18)21)24(15)28)25-22(27)14-29-20-9-8-16-5-2-3-6-17(16)12-20/h2-3,5-6,8-9,11-13,15H,4,7,10,14H2,1H3,(H,25,27)/t15-/m1/s1. The molecule has 1 atom stereocenters. The quantitative estimate of drug-likeness (QED) is 0.729. The molecule has 0 spiro atoms. The van der Waals surface area contributed by atoms with Gasteiger partial charge in [0, 0.05) is 12.2 Å². The molecule has 0 radical (unpaired) electrons. The van der Waals surface area contributed by atoms with Gasteiger partial charge in [-0.15, -0.1) is 0 Å². The summed E-state index contributed by atoms with van der Waals surface area (Å²) < 4.78 is 5.69. The topological polar surface area (TPSA) is 58.6 Å². The number of anilines is 2. The van der Waals surface area contributed by atoms with Gasteiger partial charge in [-0.2, -0.15) is 0 Å². The Morgan fingerprint density at radius 2 is 1.97 bits per heavy atom. The molecule has 5 rings (SSSR count). The second kappa shape index (κ2) is 6.92. The molecule has 1 N–H and O–H groups in total. The Morgan fingerprint density at radius 1 is 1.14 bits per heavy atom. The van der Waals surface area contributed by atoms with Crippen LogP contribution in [-0.4, -0.2) is 25.0 Å². The van der Waals surface area contributed by atoms with Gasteiger partial charge in [0.1, 0.15) is 5.75 Å². The molecule has 2 aliphatic rings. The molecule has 0 bridgehead atoms. The van der Waals surface area contributed by atoms with E-state index in [1.807, 2.05) is 66.4 Å². The van der Waals surface area contributed by atoms with E-state index < -0.39 is 0 Å². The Kier molecular flexibility index (Phi) is 4.23. The summed E-state index contributed by atoms with van der Waals surface area (Å²) in [4.78, 5) is 26.8. The number of carbonyl (C=O) groups excluding carboxylic acids is 2. The number of fused-ring (bicyclic) bond motifs is 1. The fourth-order valence-electron chi connectivity index (χ4n) is 4.37. The zero-order valence-electron chi connectivity index (χ0n) is 16.3. The van der Waals surface area contributed by atoms with E-state index in [1.54, 1.807) is 0 Å². The van der Waals surface area contributed by atoms with E-state index in [1.165, 1.54) is 0 Å². The van der Waals surface area contributed by atoms with Crippen LogP contribution < -0.4 is 15.0 Å². The Hall–Kier alpha value is -3.34. The molecule has 2 heterocycles. The van der Waals surface area contributed by atoms with Crippen molar-refractivity contribution in [2.45, 2.75) is 25.7 Å². The first-order chi connectivity index (χ1) is 14.1. The highest BCUT2D eigenvalue weighted by Crippen LogP contribution is 2.44. The van der Waals surface area contributed by atoms with Gasteiger partial charge in [-0.25, -0.2) is 0 Å². The lowest BCUT2D eigenvalue weighted by Gasteiger charge is -2.26. The third-order valence-corrected chi connectivity index (χ3v) is 5.79. The lowest BCUT2D eigenvalue weighted by molar-refractivity contribution is -0.119. The van der Waals surface area contributed by atoms with Crippen LogP contribution in [0.4, 0.5) is 11.4 Å². The lowest BCUT2D eigenvalue weighted by atomic mass is 9.96. The molecule has 5 nitrogen and oxygen atoms in total. The van der Waals surface area contributed by atoms with Crippen LogP contribution in [0.25, 0.3) is 10.8 Å². The molecule has 0 saturated carbocycles. The maximum atomic E-state index is 12.5. The van der Waals surface area contributed by atoms with Crippen molar-refractivity contribution in [1.29, 1.82) is 0 Å². The minimum Gasteiger partial charge on any atom is -0.484 e. The fourth-order valence-corrected chi connectivity index (χ4v) is 4.37. The second-order valence-electron chi connectivity index (χ2n) is 7.73. The van der Waals surface area contributed by atoms with E-state index in [9.17, 15) is 9.59 Å². The maximum Gasteiger partial charge on any atom is 0.262 e. The normalized spacial score (nSPS) is 17.3. The highest BCUT2D eigenvalue weighted by Gasteiger charge is 2.37. The smallest absolute Gasteiger partial charge is 0.262 e. The Labute approximate surface area is 169 Å². The number of benzene rings is 3. The molecule has 29 heavy (non-hydrogen) atoms. The van der Waals surface area contributed by atoms with Crippen LogP contribution in [-0.2, 0) is 16.0 Å². The SMILES string of the molecule is C[C@H]1C(=O)N2CCCc3cc(NC(=O)COc4ccc5ccccc5c4)cc1c32. The van der Waals surface area contributed by atoms with Crippen LogP contribution in [0, 0.1) is 0 Å². The lowest BCUT2D eigenvalue weighted by Crippen LogP contribution is -2.32. The van der Waals surface area contributed by atoms with E-state index in [0.29, 0.717) is 5.75 Å². The maximum absolute atomic E-state index is 12.5. The number of carbonyl (C=O) groups is 2. The van der Waals surface area contributed by atoms with Crippen LogP contribution in [0.5, 0.6) is 5.75 Å². The van der Waals surface area contributed by atoms with E-state index in [4.69, 9.17) is 4.74 Å². The van der Waals surface area contributed by atoms with Crippen LogP contribution >= 0.6 is 0 Å². The number of hydrogen-bond acceptors (Lipinski definition) is 3. The number of nitrogens with one attached hydrogen (secondary N) is 1. The highest BCUT2D eigenvalue weighted by molar-refractivity contribution is 6.07. The molecule has 2 amide bonds. The minimum atomic E-state index is -0.213. The van der Waals surface area contributed by atoms with E-state index in [0.717, 1.165) is 52.7 Å². The highest BCUT2D eigenvalue weighted by atomic mass is 16.5. The number of aryl methyl sites for hydroxylation is 1. The van der Waals surface area contributed by atoms with Gasteiger partial charge in [-0.1, -0.05) is 30.3 Å². The van der Waals surface area contributed by atoms with E-state index in [-0.39, 0.29) is 24.3 Å². The van der Waals surface area contributed by atoms with Gasteiger partial charge in [0.05, 0.1) is 11.6 Å². The number of amides is 2. The van der Waals surface area contributed by atoms with Gasteiger partial charge >= 0.3 is 0 Å². The van der Waals surface area contributed by atoms with Crippen molar-refractivity contribution >= 4 is 34.0 Å². The van der Waals surface area contributed by atoms with Crippen molar-refractivity contribution < 1.29 is 14.3 Å². The molecular formula is C24H22N2O3. The number of rotatable bonds is 4. The van der Waals surface area contributed by atoms with Gasteiger partial charge in [0.2, 0.25) is 5.91 Å². The molecule has 3 aromatic carbocycles. The Bertz CT molecular complexity index is 1140. The van der Waals surface area contributed by atoms with Crippen molar-refractivity contribution in [2.24, 2.45) is 0 Å². The third kappa shape index (κ3) is 3.12. The molecule has 0 fully saturated rings. The number of ether oxygens (including phenoxy) is 1.